The van der Waals surface area contributed by atoms with Gasteiger partial charge in [-0.05, 0) is 56.2 Å². The van der Waals surface area contributed by atoms with Crippen LogP contribution in [0.1, 0.15) is 19.8 Å². The van der Waals surface area contributed by atoms with Crippen LogP contribution in [0.3, 0.4) is 0 Å². The van der Waals surface area contributed by atoms with Crippen molar-refractivity contribution < 1.29 is 14.3 Å². The van der Waals surface area contributed by atoms with Crippen LogP contribution in [0.5, 0.6) is 5.75 Å². The summed E-state index contributed by atoms with van der Waals surface area (Å²) in [6.45, 7) is 1.77. The van der Waals surface area contributed by atoms with Gasteiger partial charge in [-0.15, -0.1) is 0 Å². The largest absolute Gasteiger partial charge is 0.497 e. The summed E-state index contributed by atoms with van der Waals surface area (Å²) >= 11 is 1.31. The van der Waals surface area contributed by atoms with E-state index in [0.717, 1.165) is 35.3 Å². The maximum atomic E-state index is 12.5. The predicted molar refractivity (Wildman–Crippen MR) is 113 cm³/mol. The number of ether oxygens (including phenoxy) is 1. The van der Waals surface area contributed by atoms with E-state index in [1.807, 2.05) is 53.1 Å². The fourth-order valence-electron chi connectivity index (χ4n) is 2.94. The van der Waals surface area contributed by atoms with Gasteiger partial charge in [0.2, 0.25) is 5.91 Å². The van der Waals surface area contributed by atoms with Crippen LogP contribution in [0.15, 0.2) is 53.7 Å². The maximum Gasteiger partial charge on any atom is 0.321 e. The van der Waals surface area contributed by atoms with Crippen molar-refractivity contribution in [2.45, 2.75) is 36.2 Å². The van der Waals surface area contributed by atoms with E-state index in [0.29, 0.717) is 5.16 Å². The average molecular weight is 410 g/mol. The number of rotatable bonds is 6. The Balaban J connectivity index is 1.58. The molecule has 0 bridgehead atoms. The Morgan fingerprint density at radius 1 is 1.17 bits per heavy atom. The molecule has 1 saturated carbocycles. The van der Waals surface area contributed by atoms with Crippen molar-refractivity contribution in [3.63, 3.8) is 0 Å². The van der Waals surface area contributed by atoms with Crippen molar-refractivity contribution in [1.29, 1.82) is 0 Å². The number of methoxy groups -OCH3 is 1. The van der Waals surface area contributed by atoms with E-state index in [1.165, 1.54) is 11.8 Å². The summed E-state index contributed by atoms with van der Waals surface area (Å²) in [6, 6.07) is 15.2. The van der Waals surface area contributed by atoms with Gasteiger partial charge in [0.25, 0.3) is 0 Å². The Hall–Kier alpha value is -3.00. The first-order chi connectivity index (χ1) is 14.0. The first kappa shape index (κ1) is 19.3. The molecule has 1 fully saturated rings. The molecule has 2 aromatic carbocycles. The summed E-state index contributed by atoms with van der Waals surface area (Å²) in [7, 11) is 1.63. The molecule has 1 unspecified atom stereocenters. The number of nitrogens with one attached hydrogen (secondary N) is 2. The van der Waals surface area contributed by atoms with Crippen LogP contribution < -0.4 is 15.4 Å². The molecule has 0 saturated heterocycles. The first-order valence-corrected chi connectivity index (χ1v) is 10.3. The number of hydrogen-bond acceptors (Lipinski definition) is 5. The number of carbonyl (C=O) groups excluding carboxylic acids is 2. The summed E-state index contributed by atoms with van der Waals surface area (Å²) in [5, 5.41) is 5.37. The lowest BCUT2D eigenvalue weighted by Crippen LogP contribution is -2.43. The van der Waals surface area contributed by atoms with Gasteiger partial charge in [-0.25, -0.2) is 9.78 Å². The minimum atomic E-state index is -0.492. The molecule has 0 aliphatic heterocycles. The number of amides is 3. The number of nitrogens with zero attached hydrogens (tertiary/aromatic N) is 2. The molecule has 1 aliphatic carbocycles. The highest BCUT2D eigenvalue weighted by Gasteiger charge is 2.26. The number of fused-ring (bicyclic) bond motifs is 1. The molecule has 29 heavy (non-hydrogen) atoms. The number of aromatic nitrogens is 2. The lowest BCUT2D eigenvalue weighted by molar-refractivity contribution is -0.119. The van der Waals surface area contributed by atoms with Gasteiger partial charge in [0.15, 0.2) is 5.16 Å². The normalized spacial score (nSPS) is 14.4. The zero-order valence-electron chi connectivity index (χ0n) is 16.2. The second kappa shape index (κ2) is 8.16. The first-order valence-electron chi connectivity index (χ1n) is 9.45. The van der Waals surface area contributed by atoms with Crippen LogP contribution in [0.4, 0.5) is 4.79 Å². The van der Waals surface area contributed by atoms with Gasteiger partial charge in [0.05, 0.1) is 23.4 Å². The fraction of sp³-hybridized carbons (Fsp3) is 0.286. The number of hydrogen-bond donors (Lipinski definition) is 2. The highest BCUT2D eigenvalue weighted by molar-refractivity contribution is 8.00. The number of thioether (sulfide) groups is 1. The van der Waals surface area contributed by atoms with Crippen molar-refractivity contribution >= 4 is 34.7 Å². The minimum Gasteiger partial charge on any atom is -0.497 e. The summed E-state index contributed by atoms with van der Waals surface area (Å²) < 4.78 is 7.26. The van der Waals surface area contributed by atoms with Crippen LogP contribution in [0.2, 0.25) is 0 Å². The van der Waals surface area contributed by atoms with Crippen molar-refractivity contribution in [2.75, 3.05) is 7.11 Å². The van der Waals surface area contributed by atoms with Gasteiger partial charge in [-0.2, -0.15) is 0 Å². The quantitative estimate of drug-likeness (QED) is 0.608. The van der Waals surface area contributed by atoms with Crippen molar-refractivity contribution in [3.05, 3.63) is 48.5 Å². The van der Waals surface area contributed by atoms with E-state index in [-0.39, 0.29) is 11.9 Å². The van der Waals surface area contributed by atoms with E-state index in [9.17, 15) is 9.59 Å². The lowest BCUT2D eigenvalue weighted by atomic mass is 10.2. The third-order valence-electron chi connectivity index (χ3n) is 4.66. The van der Waals surface area contributed by atoms with Crippen molar-refractivity contribution in [3.8, 4) is 11.4 Å². The highest BCUT2D eigenvalue weighted by Crippen LogP contribution is 2.31. The Morgan fingerprint density at radius 3 is 2.59 bits per heavy atom. The van der Waals surface area contributed by atoms with Gasteiger partial charge >= 0.3 is 6.03 Å². The van der Waals surface area contributed by atoms with Crippen LogP contribution >= 0.6 is 11.8 Å². The smallest absolute Gasteiger partial charge is 0.321 e. The van der Waals surface area contributed by atoms with Crippen LogP contribution in [-0.4, -0.2) is 39.9 Å². The molecule has 4 rings (SSSR count). The van der Waals surface area contributed by atoms with Gasteiger partial charge in [-0.3, -0.25) is 14.7 Å². The molecule has 1 atom stereocenters. The average Bonchev–Trinajstić information content (AvgIpc) is 3.46. The molecule has 8 heteroatoms. The van der Waals surface area contributed by atoms with Crippen LogP contribution in [0.25, 0.3) is 16.7 Å². The number of para-hydroxylation sites is 2. The highest BCUT2D eigenvalue weighted by atomic mass is 32.2. The van der Waals surface area contributed by atoms with Gasteiger partial charge < -0.3 is 10.1 Å². The number of benzene rings is 2. The zero-order chi connectivity index (χ0) is 20.4. The summed E-state index contributed by atoms with van der Waals surface area (Å²) in [4.78, 5) is 29.0. The Kier molecular flexibility index (Phi) is 5.44. The van der Waals surface area contributed by atoms with Gasteiger partial charge in [0, 0.05) is 11.7 Å². The molecule has 2 N–H and O–H groups in total. The monoisotopic (exact) mass is 410 g/mol. The molecule has 0 spiro atoms. The van der Waals surface area contributed by atoms with Gasteiger partial charge in [-0.1, -0.05) is 23.9 Å². The Labute approximate surface area is 172 Å². The fourth-order valence-corrected chi connectivity index (χ4v) is 3.88. The number of imidazole rings is 1. The molecule has 1 aliphatic rings. The molecule has 1 heterocycles. The Bertz CT molecular complexity index is 1040. The summed E-state index contributed by atoms with van der Waals surface area (Å²) in [5.74, 6) is 0.420. The molecule has 0 radical (unpaired) electrons. The Morgan fingerprint density at radius 2 is 1.90 bits per heavy atom. The molecular formula is C21H22N4O3S. The van der Waals surface area contributed by atoms with Gasteiger partial charge in [0.1, 0.15) is 5.75 Å². The zero-order valence-corrected chi connectivity index (χ0v) is 17.0. The molecule has 3 aromatic rings. The molecule has 150 valence electrons. The predicted octanol–water partition coefficient (Wildman–Crippen LogP) is 3.50. The summed E-state index contributed by atoms with van der Waals surface area (Å²) in [6.07, 6.45) is 1.94. The third kappa shape index (κ3) is 4.37. The molecule has 1 aromatic heterocycles. The van der Waals surface area contributed by atoms with E-state index >= 15 is 0 Å². The summed E-state index contributed by atoms with van der Waals surface area (Å²) in [5.41, 5.74) is 2.70. The van der Waals surface area contributed by atoms with Crippen molar-refractivity contribution in [1.82, 2.24) is 20.2 Å². The third-order valence-corrected chi connectivity index (χ3v) is 5.71. The van der Waals surface area contributed by atoms with E-state index in [4.69, 9.17) is 9.72 Å². The topological polar surface area (TPSA) is 85.2 Å². The maximum absolute atomic E-state index is 12.5. The van der Waals surface area contributed by atoms with E-state index in [1.54, 1.807) is 14.0 Å². The molecule has 7 nitrogen and oxygen atoms in total. The van der Waals surface area contributed by atoms with E-state index in [2.05, 4.69) is 10.6 Å². The lowest BCUT2D eigenvalue weighted by Gasteiger charge is -2.14. The number of carbonyl (C=O) groups is 2. The van der Waals surface area contributed by atoms with Crippen molar-refractivity contribution in [2.24, 2.45) is 0 Å². The van der Waals surface area contributed by atoms with E-state index < -0.39 is 11.3 Å². The molecule has 3 amide bonds. The SMILES string of the molecule is COc1ccc(-n2c(SC(C)C(=O)NC(=O)NC3CC3)nc3ccccc32)cc1. The standard InChI is InChI=1S/C21H22N4O3S/c1-13(19(26)24-20(27)22-14-7-8-14)29-21-23-17-5-3-4-6-18(17)25(21)15-9-11-16(28-2)12-10-15/h3-6,9-14H,7-8H2,1-2H3,(H2,22,24,26,27). The second-order valence-corrected chi connectivity index (χ2v) is 8.22. The second-order valence-electron chi connectivity index (χ2n) is 6.91. The van der Waals surface area contributed by atoms with Crippen LogP contribution in [-0.2, 0) is 4.79 Å². The minimum absolute atomic E-state index is 0.199. The number of imide groups is 1. The number of urea groups is 1. The van der Waals surface area contributed by atoms with Crippen LogP contribution in [0, 0.1) is 0 Å². The molecular weight excluding hydrogens is 388 g/mol.